The van der Waals surface area contributed by atoms with Gasteiger partial charge in [-0.1, -0.05) is 18.3 Å². The van der Waals surface area contributed by atoms with Crippen molar-refractivity contribution in [2.45, 2.75) is 20.3 Å². The zero-order valence-electron chi connectivity index (χ0n) is 6.27. The van der Waals surface area contributed by atoms with Crippen LogP contribution in [0.4, 0.5) is 5.00 Å². The average Bonchev–Trinajstić information content (AvgIpc) is 2.31. The van der Waals surface area contributed by atoms with Crippen LogP contribution in [0.2, 0.25) is 0 Å². The molecule has 0 unspecified atom stereocenters. The summed E-state index contributed by atoms with van der Waals surface area (Å²) in [7, 11) is 0. The summed E-state index contributed by atoms with van der Waals surface area (Å²) in [5.74, 6) is 0. The summed E-state index contributed by atoms with van der Waals surface area (Å²) in [5.41, 5.74) is 3.89. The van der Waals surface area contributed by atoms with E-state index in [-0.39, 0.29) is 0 Å². The van der Waals surface area contributed by atoms with Crippen molar-refractivity contribution in [2.24, 2.45) is 0 Å². The molecule has 1 N–H and O–H groups in total. The Morgan fingerprint density at radius 3 is 3.00 bits per heavy atom. The molecule has 0 aromatic carbocycles. The Bertz CT molecular complexity index is 195. The van der Waals surface area contributed by atoms with E-state index < -0.39 is 0 Å². The van der Waals surface area contributed by atoms with Crippen molar-refractivity contribution in [1.82, 2.24) is 4.98 Å². The SMILES string of the molecule is CCCNc1s[c]nc1C. The topological polar surface area (TPSA) is 24.9 Å². The van der Waals surface area contributed by atoms with E-state index in [2.05, 4.69) is 22.7 Å². The number of nitrogens with zero attached hydrogens (tertiary/aromatic N) is 1. The molecule has 1 aromatic heterocycles. The van der Waals surface area contributed by atoms with E-state index in [4.69, 9.17) is 0 Å². The minimum absolute atomic E-state index is 1.02. The predicted octanol–water partition coefficient (Wildman–Crippen LogP) is 2.07. The van der Waals surface area contributed by atoms with Gasteiger partial charge in [-0.3, -0.25) is 0 Å². The molecule has 0 bridgehead atoms. The molecule has 0 amide bonds. The van der Waals surface area contributed by atoms with Crippen LogP contribution in [0.3, 0.4) is 0 Å². The number of hydrogen-bond donors (Lipinski definition) is 1. The summed E-state index contributed by atoms with van der Waals surface area (Å²) >= 11 is 1.54. The van der Waals surface area contributed by atoms with Gasteiger partial charge in [0.25, 0.3) is 0 Å². The van der Waals surface area contributed by atoms with Crippen molar-refractivity contribution >= 4 is 16.3 Å². The predicted molar refractivity (Wildman–Crippen MR) is 44.5 cm³/mol. The first kappa shape index (κ1) is 7.54. The summed E-state index contributed by atoms with van der Waals surface area (Å²) in [5, 5.41) is 4.42. The van der Waals surface area contributed by atoms with E-state index >= 15 is 0 Å². The molecule has 0 saturated heterocycles. The summed E-state index contributed by atoms with van der Waals surface area (Å²) in [6.45, 7) is 5.16. The van der Waals surface area contributed by atoms with Gasteiger partial charge in [0.05, 0.1) is 5.69 Å². The lowest BCUT2D eigenvalue weighted by Gasteiger charge is -1.99. The largest absolute Gasteiger partial charge is 0.375 e. The van der Waals surface area contributed by atoms with E-state index in [0.717, 1.165) is 23.7 Å². The van der Waals surface area contributed by atoms with Gasteiger partial charge in [0.15, 0.2) is 5.51 Å². The number of aryl methyl sites for hydroxylation is 1. The van der Waals surface area contributed by atoms with E-state index in [1.165, 1.54) is 0 Å². The quantitative estimate of drug-likeness (QED) is 0.722. The van der Waals surface area contributed by atoms with Crippen molar-refractivity contribution in [3.63, 3.8) is 0 Å². The number of hydrogen-bond acceptors (Lipinski definition) is 3. The van der Waals surface area contributed by atoms with Crippen LogP contribution in [0.25, 0.3) is 0 Å². The van der Waals surface area contributed by atoms with Gasteiger partial charge in [-0.15, -0.1) is 0 Å². The van der Waals surface area contributed by atoms with Gasteiger partial charge >= 0.3 is 0 Å². The van der Waals surface area contributed by atoms with E-state index in [1.807, 2.05) is 6.92 Å². The third kappa shape index (κ3) is 1.70. The average molecular weight is 155 g/mol. The molecule has 0 aliphatic carbocycles. The lowest BCUT2D eigenvalue weighted by Crippen LogP contribution is -1.98. The maximum atomic E-state index is 4.00. The Balaban J connectivity index is 2.49. The summed E-state index contributed by atoms with van der Waals surface area (Å²) in [4.78, 5) is 4.00. The molecule has 1 radical (unpaired) electrons. The normalized spacial score (nSPS) is 9.80. The minimum atomic E-state index is 1.02. The van der Waals surface area contributed by atoms with E-state index in [9.17, 15) is 0 Å². The van der Waals surface area contributed by atoms with Crippen LogP contribution in [0.15, 0.2) is 0 Å². The smallest absolute Gasteiger partial charge is 0.154 e. The Morgan fingerprint density at radius 2 is 2.50 bits per heavy atom. The molecule has 0 fully saturated rings. The van der Waals surface area contributed by atoms with Crippen LogP contribution in [-0.2, 0) is 0 Å². The molecule has 0 atom stereocenters. The van der Waals surface area contributed by atoms with Gasteiger partial charge in [-0.2, -0.15) is 0 Å². The van der Waals surface area contributed by atoms with Crippen molar-refractivity contribution in [1.29, 1.82) is 0 Å². The van der Waals surface area contributed by atoms with Crippen LogP contribution in [0.1, 0.15) is 19.0 Å². The molecule has 0 spiro atoms. The number of anilines is 1. The molecule has 0 saturated carbocycles. The first-order valence-corrected chi connectivity index (χ1v) is 4.23. The Kier molecular flexibility index (Phi) is 2.68. The molecule has 0 aliphatic heterocycles. The Labute approximate surface area is 65.3 Å². The second-order valence-electron chi connectivity index (χ2n) is 2.15. The van der Waals surface area contributed by atoms with Gasteiger partial charge in [-0.25, -0.2) is 4.98 Å². The fourth-order valence-electron chi connectivity index (χ4n) is 0.664. The molecule has 10 heavy (non-hydrogen) atoms. The number of thiazole rings is 1. The molecule has 2 nitrogen and oxygen atoms in total. The molecule has 3 heteroatoms. The van der Waals surface area contributed by atoms with Gasteiger partial charge < -0.3 is 5.32 Å². The molecular formula is C7H11N2S. The molecule has 1 heterocycles. The zero-order chi connectivity index (χ0) is 7.40. The highest BCUT2D eigenvalue weighted by atomic mass is 32.1. The van der Waals surface area contributed by atoms with Gasteiger partial charge in [-0.05, 0) is 13.3 Å². The Hall–Kier alpha value is -0.570. The highest BCUT2D eigenvalue weighted by Crippen LogP contribution is 2.17. The number of aromatic nitrogens is 1. The lowest BCUT2D eigenvalue weighted by atomic mass is 10.4. The number of rotatable bonds is 3. The lowest BCUT2D eigenvalue weighted by molar-refractivity contribution is 0.980. The van der Waals surface area contributed by atoms with Gasteiger partial charge in [0.1, 0.15) is 5.00 Å². The Morgan fingerprint density at radius 1 is 1.70 bits per heavy atom. The zero-order valence-corrected chi connectivity index (χ0v) is 7.09. The van der Waals surface area contributed by atoms with Crippen LogP contribution in [0.5, 0.6) is 0 Å². The minimum Gasteiger partial charge on any atom is -0.375 e. The van der Waals surface area contributed by atoms with Crippen molar-refractivity contribution in [2.75, 3.05) is 11.9 Å². The third-order valence-electron chi connectivity index (χ3n) is 1.23. The van der Waals surface area contributed by atoms with E-state index in [1.54, 1.807) is 11.3 Å². The molecule has 55 valence electrons. The van der Waals surface area contributed by atoms with Crippen LogP contribution >= 0.6 is 11.3 Å². The van der Waals surface area contributed by atoms with Crippen molar-refractivity contribution < 1.29 is 0 Å². The summed E-state index contributed by atoms with van der Waals surface area (Å²) < 4.78 is 0. The molecular weight excluding hydrogens is 144 g/mol. The summed E-state index contributed by atoms with van der Waals surface area (Å²) in [6.07, 6.45) is 1.15. The molecule has 1 aromatic rings. The van der Waals surface area contributed by atoms with Gasteiger partial charge in [0.2, 0.25) is 0 Å². The third-order valence-corrected chi connectivity index (χ3v) is 2.05. The number of nitrogens with one attached hydrogen (secondary N) is 1. The van der Waals surface area contributed by atoms with E-state index in [0.29, 0.717) is 0 Å². The highest BCUT2D eigenvalue weighted by molar-refractivity contribution is 7.13. The van der Waals surface area contributed by atoms with Crippen molar-refractivity contribution in [3.8, 4) is 0 Å². The highest BCUT2D eigenvalue weighted by Gasteiger charge is 1.97. The maximum Gasteiger partial charge on any atom is 0.154 e. The van der Waals surface area contributed by atoms with Crippen LogP contribution < -0.4 is 5.32 Å². The second-order valence-corrected chi connectivity index (χ2v) is 2.94. The van der Waals surface area contributed by atoms with Gasteiger partial charge in [0, 0.05) is 6.54 Å². The standard InChI is InChI=1S/C7H11N2S/c1-3-4-8-7-6(2)9-5-10-7/h8H,3-4H2,1-2H3. The fraction of sp³-hybridized carbons (Fsp3) is 0.571. The summed E-state index contributed by atoms with van der Waals surface area (Å²) in [6, 6.07) is 0. The molecule has 0 aliphatic rings. The monoisotopic (exact) mass is 155 g/mol. The fourth-order valence-corrected chi connectivity index (χ4v) is 1.31. The molecule has 1 rings (SSSR count). The first-order valence-electron chi connectivity index (χ1n) is 3.42. The first-order chi connectivity index (χ1) is 4.84. The van der Waals surface area contributed by atoms with Crippen LogP contribution in [-0.4, -0.2) is 11.5 Å². The second kappa shape index (κ2) is 3.56. The van der Waals surface area contributed by atoms with Crippen LogP contribution in [0, 0.1) is 12.4 Å². The maximum absolute atomic E-state index is 4.00. The van der Waals surface area contributed by atoms with Crippen molar-refractivity contribution in [3.05, 3.63) is 11.2 Å².